The van der Waals surface area contributed by atoms with Crippen LogP contribution >= 0.6 is 0 Å². The molecule has 5 nitrogen and oxygen atoms in total. The summed E-state index contributed by atoms with van der Waals surface area (Å²) in [6.07, 6.45) is 0.982. The molecule has 2 aromatic rings. The van der Waals surface area contributed by atoms with Gasteiger partial charge in [-0.25, -0.2) is 9.48 Å². The zero-order valence-electron chi connectivity index (χ0n) is 10.8. The van der Waals surface area contributed by atoms with E-state index in [9.17, 15) is 4.79 Å². The molecule has 2 rings (SSSR count). The molecule has 1 aromatic carbocycles. The summed E-state index contributed by atoms with van der Waals surface area (Å²) in [4.78, 5) is 11.0. The number of aromatic carboxylic acids is 1. The van der Waals surface area contributed by atoms with E-state index in [1.165, 1.54) is 0 Å². The molecule has 1 unspecified atom stereocenters. The lowest BCUT2D eigenvalue weighted by atomic mass is 10.1. The highest BCUT2D eigenvalue weighted by molar-refractivity contribution is 5.92. The molecule has 0 saturated heterocycles. The van der Waals surface area contributed by atoms with Gasteiger partial charge in [0.1, 0.15) is 5.52 Å². The molecule has 1 atom stereocenters. The van der Waals surface area contributed by atoms with Gasteiger partial charge in [-0.2, -0.15) is 0 Å². The number of hydrogen-bond acceptors (Lipinski definition) is 3. The smallest absolute Gasteiger partial charge is 0.335 e. The van der Waals surface area contributed by atoms with Crippen molar-refractivity contribution in [1.82, 2.24) is 15.0 Å². The van der Waals surface area contributed by atoms with Gasteiger partial charge < -0.3 is 5.11 Å². The van der Waals surface area contributed by atoms with Gasteiger partial charge in [0.05, 0.1) is 17.1 Å². The lowest BCUT2D eigenvalue weighted by molar-refractivity contribution is 0.0697. The Balaban J connectivity index is 2.45. The van der Waals surface area contributed by atoms with Crippen LogP contribution < -0.4 is 0 Å². The van der Waals surface area contributed by atoms with Crippen molar-refractivity contribution in [3.05, 3.63) is 23.8 Å². The number of nitrogens with zero attached hydrogens (tertiary/aromatic N) is 3. The summed E-state index contributed by atoms with van der Waals surface area (Å²) in [5, 5.41) is 17.2. The molecule has 1 N–H and O–H groups in total. The largest absolute Gasteiger partial charge is 0.478 e. The molecule has 18 heavy (non-hydrogen) atoms. The van der Waals surface area contributed by atoms with Crippen molar-refractivity contribution in [3.8, 4) is 0 Å². The van der Waals surface area contributed by atoms with E-state index in [4.69, 9.17) is 5.11 Å². The Hall–Kier alpha value is -1.91. The summed E-state index contributed by atoms with van der Waals surface area (Å²) in [6, 6.07) is 5.09. The van der Waals surface area contributed by atoms with E-state index in [2.05, 4.69) is 31.1 Å². The lowest BCUT2D eigenvalue weighted by Gasteiger charge is -2.14. The van der Waals surface area contributed by atoms with E-state index in [0.717, 1.165) is 17.5 Å². The van der Waals surface area contributed by atoms with E-state index in [1.807, 2.05) is 4.68 Å². The van der Waals surface area contributed by atoms with Crippen LogP contribution in [0.5, 0.6) is 0 Å². The monoisotopic (exact) mass is 247 g/mol. The van der Waals surface area contributed by atoms with Crippen molar-refractivity contribution < 1.29 is 9.90 Å². The molecule has 0 radical (unpaired) electrons. The van der Waals surface area contributed by atoms with E-state index < -0.39 is 5.97 Å². The van der Waals surface area contributed by atoms with Crippen LogP contribution in [-0.2, 0) is 0 Å². The van der Waals surface area contributed by atoms with Crippen molar-refractivity contribution in [1.29, 1.82) is 0 Å². The molecule has 0 spiro atoms. The molecule has 0 aliphatic carbocycles. The molecule has 0 fully saturated rings. The third kappa shape index (κ3) is 2.34. The maximum atomic E-state index is 11.0. The lowest BCUT2D eigenvalue weighted by Crippen LogP contribution is -2.10. The Kier molecular flexibility index (Phi) is 3.32. The average molecular weight is 247 g/mol. The number of hydrogen-bond donors (Lipinski definition) is 1. The number of benzene rings is 1. The molecule has 0 aliphatic rings. The van der Waals surface area contributed by atoms with Gasteiger partial charge in [-0.3, -0.25) is 0 Å². The van der Waals surface area contributed by atoms with Gasteiger partial charge in [0.15, 0.2) is 0 Å². The Morgan fingerprint density at radius 3 is 2.72 bits per heavy atom. The fraction of sp³-hybridized carbons (Fsp3) is 0.462. The number of carboxylic acid groups (broad SMARTS) is 1. The minimum Gasteiger partial charge on any atom is -0.478 e. The van der Waals surface area contributed by atoms with Crippen LogP contribution in [0.4, 0.5) is 0 Å². The number of carbonyl (C=O) groups is 1. The van der Waals surface area contributed by atoms with Crippen LogP contribution in [0.1, 0.15) is 43.6 Å². The van der Waals surface area contributed by atoms with Crippen LogP contribution in [-0.4, -0.2) is 26.1 Å². The second-order valence-electron chi connectivity index (χ2n) is 5.02. The number of aromatic nitrogens is 3. The Bertz CT molecular complexity index is 575. The highest BCUT2D eigenvalue weighted by atomic mass is 16.4. The van der Waals surface area contributed by atoms with Crippen LogP contribution in [0.3, 0.4) is 0 Å². The number of fused-ring (bicyclic) bond motifs is 1. The van der Waals surface area contributed by atoms with Gasteiger partial charge >= 0.3 is 5.97 Å². The predicted octanol–water partition coefficient (Wildman–Crippen LogP) is 2.74. The molecular formula is C13H17N3O2. The second kappa shape index (κ2) is 4.76. The van der Waals surface area contributed by atoms with Gasteiger partial charge in [-0.1, -0.05) is 19.1 Å². The predicted molar refractivity (Wildman–Crippen MR) is 68.7 cm³/mol. The van der Waals surface area contributed by atoms with Gasteiger partial charge in [0, 0.05) is 0 Å². The van der Waals surface area contributed by atoms with Crippen molar-refractivity contribution in [2.45, 2.75) is 33.2 Å². The van der Waals surface area contributed by atoms with Crippen molar-refractivity contribution >= 4 is 17.0 Å². The standard InChI is InChI=1S/C13H17N3O2/c1-8(2)6-9(3)16-12-7-10(13(17)18)4-5-11(12)14-15-16/h4-5,7-9H,6H2,1-3H3,(H,17,18). The Morgan fingerprint density at radius 2 is 2.11 bits per heavy atom. The normalized spacial score (nSPS) is 13.1. The summed E-state index contributed by atoms with van der Waals surface area (Å²) in [6.45, 7) is 6.37. The van der Waals surface area contributed by atoms with Crippen molar-refractivity contribution in [3.63, 3.8) is 0 Å². The van der Waals surface area contributed by atoms with Gasteiger partial charge in [0.2, 0.25) is 0 Å². The molecule has 0 amide bonds. The van der Waals surface area contributed by atoms with E-state index in [1.54, 1.807) is 18.2 Å². The third-order valence-electron chi connectivity index (χ3n) is 2.95. The summed E-state index contributed by atoms with van der Waals surface area (Å²) in [7, 11) is 0. The van der Waals surface area contributed by atoms with Gasteiger partial charge in [-0.05, 0) is 37.5 Å². The molecule has 1 aromatic heterocycles. The maximum Gasteiger partial charge on any atom is 0.335 e. The number of rotatable bonds is 4. The van der Waals surface area contributed by atoms with E-state index in [-0.39, 0.29) is 11.6 Å². The summed E-state index contributed by atoms with van der Waals surface area (Å²) >= 11 is 0. The first-order valence-corrected chi connectivity index (χ1v) is 6.07. The zero-order valence-corrected chi connectivity index (χ0v) is 10.8. The molecule has 5 heteroatoms. The van der Waals surface area contributed by atoms with E-state index >= 15 is 0 Å². The quantitative estimate of drug-likeness (QED) is 0.902. The summed E-state index contributed by atoms with van der Waals surface area (Å²) < 4.78 is 1.81. The first-order chi connectivity index (χ1) is 8.49. The Morgan fingerprint density at radius 1 is 1.39 bits per heavy atom. The Labute approximate surface area is 105 Å². The summed E-state index contributed by atoms with van der Waals surface area (Å²) in [5.41, 5.74) is 1.78. The molecule has 1 heterocycles. The van der Waals surface area contributed by atoms with Crippen molar-refractivity contribution in [2.24, 2.45) is 5.92 Å². The SMILES string of the molecule is CC(C)CC(C)n1nnc2ccc(C(=O)O)cc21. The maximum absolute atomic E-state index is 11.0. The second-order valence-corrected chi connectivity index (χ2v) is 5.02. The highest BCUT2D eigenvalue weighted by Crippen LogP contribution is 2.22. The topological polar surface area (TPSA) is 68.0 Å². The first kappa shape index (κ1) is 12.5. The van der Waals surface area contributed by atoms with Gasteiger partial charge in [0.25, 0.3) is 0 Å². The van der Waals surface area contributed by atoms with Crippen LogP contribution in [0, 0.1) is 5.92 Å². The average Bonchev–Trinajstić information content (AvgIpc) is 2.70. The molecule has 0 bridgehead atoms. The molecular weight excluding hydrogens is 230 g/mol. The van der Waals surface area contributed by atoms with E-state index in [0.29, 0.717) is 5.92 Å². The third-order valence-corrected chi connectivity index (χ3v) is 2.95. The minimum atomic E-state index is -0.929. The fourth-order valence-corrected chi connectivity index (χ4v) is 2.18. The van der Waals surface area contributed by atoms with Crippen LogP contribution in [0.15, 0.2) is 18.2 Å². The molecule has 96 valence electrons. The number of carboxylic acids is 1. The molecule has 0 saturated carbocycles. The zero-order chi connectivity index (χ0) is 13.3. The molecule has 0 aliphatic heterocycles. The highest BCUT2D eigenvalue weighted by Gasteiger charge is 2.14. The summed E-state index contributed by atoms with van der Waals surface area (Å²) in [5.74, 6) is -0.372. The fourth-order valence-electron chi connectivity index (χ4n) is 2.18. The van der Waals surface area contributed by atoms with Gasteiger partial charge in [-0.15, -0.1) is 5.10 Å². The van der Waals surface area contributed by atoms with Crippen LogP contribution in [0.25, 0.3) is 11.0 Å². The van der Waals surface area contributed by atoms with Crippen molar-refractivity contribution in [2.75, 3.05) is 0 Å². The first-order valence-electron chi connectivity index (χ1n) is 6.07. The van der Waals surface area contributed by atoms with Crippen LogP contribution in [0.2, 0.25) is 0 Å². The minimum absolute atomic E-state index is 0.207.